The number of carbonyl (C=O) groups excluding carboxylic acids is 1. The fourth-order valence-corrected chi connectivity index (χ4v) is 7.90. The Morgan fingerprint density at radius 2 is 1.62 bits per heavy atom. The van der Waals surface area contributed by atoms with Crippen LogP contribution in [0.2, 0.25) is 5.02 Å². The molecule has 4 bridgehead atoms. The zero-order valence-corrected chi connectivity index (χ0v) is 20.6. The van der Waals surface area contributed by atoms with E-state index < -0.39 is 0 Å². The molecule has 5 nitrogen and oxygen atoms in total. The smallest absolute Gasteiger partial charge is 0.267 e. The van der Waals surface area contributed by atoms with E-state index in [0.717, 1.165) is 28.3 Å². The Labute approximate surface area is 209 Å². The Morgan fingerprint density at radius 1 is 0.971 bits per heavy atom. The summed E-state index contributed by atoms with van der Waals surface area (Å²) in [5, 5.41) is 11.7. The Bertz CT molecular complexity index is 1130. The molecule has 7 rings (SSSR count). The minimum Gasteiger partial charge on any atom is -0.484 e. The van der Waals surface area contributed by atoms with Crippen LogP contribution >= 0.6 is 22.9 Å². The summed E-state index contributed by atoms with van der Waals surface area (Å²) >= 11 is 7.58. The van der Waals surface area contributed by atoms with Gasteiger partial charge in [0.2, 0.25) is 5.13 Å². The second-order valence-electron chi connectivity index (χ2n) is 10.3. The first kappa shape index (κ1) is 22.1. The van der Waals surface area contributed by atoms with Gasteiger partial charge >= 0.3 is 0 Å². The van der Waals surface area contributed by atoms with Gasteiger partial charge in [0.25, 0.3) is 5.91 Å². The van der Waals surface area contributed by atoms with Crippen LogP contribution in [-0.4, -0.2) is 22.7 Å². The van der Waals surface area contributed by atoms with Gasteiger partial charge in [-0.3, -0.25) is 9.69 Å². The second-order valence-corrected chi connectivity index (χ2v) is 11.7. The van der Waals surface area contributed by atoms with Gasteiger partial charge in [-0.1, -0.05) is 53.3 Å². The zero-order chi connectivity index (χ0) is 23.1. The number of carbonyl (C=O) groups is 1. The van der Waals surface area contributed by atoms with Gasteiger partial charge in [-0.25, -0.2) is 0 Å². The molecule has 0 unspecified atom stereocenters. The molecular weight excluding hydrogens is 466 g/mol. The van der Waals surface area contributed by atoms with Crippen molar-refractivity contribution in [2.24, 2.45) is 17.8 Å². The van der Waals surface area contributed by atoms with Crippen LogP contribution in [-0.2, 0) is 16.8 Å². The number of hydrogen-bond donors (Lipinski definition) is 0. The zero-order valence-electron chi connectivity index (χ0n) is 19.0. The summed E-state index contributed by atoms with van der Waals surface area (Å²) in [4.78, 5) is 15.1. The number of halogens is 1. The third kappa shape index (κ3) is 4.34. The molecule has 2 aromatic carbocycles. The topological polar surface area (TPSA) is 55.3 Å². The Morgan fingerprint density at radius 3 is 2.26 bits per heavy atom. The minimum atomic E-state index is -0.132. The summed E-state index contributed by atoms with van der Waals surface area (Å²) in [6.45, 7) is 0.375. The molecule has 3 aromatic rings. The van der Waals surface area contributed by atoms with Crippen molar-refractivity contribution < 1.29 is 9.53 Å². The molecule has 0 aliphatic heterocycles. The van der Waals surface area contributed by atoms with Crippen LogP contribution in [0.4, 0.5) is 5.13 Å². The van der Waals surface area contributed by atoms with Crippen molar-refractivity contribution in [2.75, 3.05) is 11.5 Å². The summed E-state index contributed by atoms with van der Waals surface area (Å²) in [6.07, 6.45) is 7.89. The van der Waals surface area contributed by atoms with E-state index >= 15 is 0 Å². The fourth-order valence-electron chi connectivity index (χ4n) is 6.69. The van der Waals surface area contributed by atoms with E-state index in [1.165, 1.54) is 38.5 Å². The molecule has 4 aliphatic rings. The second kappa shape index (κ2) is 8.97. The summed E-state index contributed by atoms with van der Waals surface area (Å²) in [6, 6.07) is 17.1. The standard InChI is InChI=1S/C27H28ClN3O2S/c28-22-6-8-23(9-7-22)33-17-24(32)31(16-18-4-2-1-3-5-18)26-30-29-25(34-26)27-13-19-10-20(14-27)12-21(11-19)15-27/h1-9,19-21H,10-17H2. The lowest BCUT2D eigenvalue weighted by Crippen LogP contribution is -2.48. The van der Waals surface area contributed by atoms with Gasteiger partial charge in [0.15, 0.2) is 6.61 Å². The average molecular weight is 494 g/mol. The Hall–Kier alpha value is -2.44. The normalized spacial score (nSPS) is 27.0. The summed E-state index contributed by atoms with van der Waals surface area (Å²) in [7, 11) is 0. The van der Waals surface area contributed by atoms with Crippen LogP contribution in [0, 0.1) is 17.8 Å². The number of anilines is 1. The lowest BCUT2D eigenvalue weighted by molar-refractivity contribution is -0.120. The molecule has 34 heavy (non-hydrogen) atoms. The first-order valence-corrected chi connectivity index (χ1v) is 13.3. The van der Waals surface area contributed by atoms with Crippen LogP contribution in [0.3, 0.4) is 0 Å². The van der Waals surface area contributed by atoms with Gasteiger partial charge in [0, 0.05) is 10.4 Å². The van der Waals surface area contributed by atoms with Crippen molar-refractivity contribution in [1.29, 1.82) is 0 Å². The highest BCUT2D eigenvalue weighted by Crippen LogP contribution is 2.61. The van der Waals surface area contributed by atoms with Crippen molar-refractivity contribution in [2.45, 2.75) is 50.5 Å². The van der Waals surface area contributed by atoms with Crippen LogP contribution in [0.15, 0.2) is 54.6 Å². The Kier molecular flexibility index (Phi) is 5.82. The van der Waals surface area contributed by atoms with Crippen LogP contribution in [0.25, 0.3) is 0 Å². The molecular formula is C27H28ClN3O2S. The van der Waals surface area contributed by atoms with E-state index in [9.17, 15) is 4.79 Å². The predicted molar refractivity (Wildman–Crippen MR) is 134 cm³/mol. The maximum atomic E-state index is 13.4. The number of ether oxygens (including phenoxy) is 1. The highest BCUT2D eigenvalue weighted by molar-refractivity contribution is 7.15. The molecule has 176 valence electrons. The van der Waals surface area contributed by atoms with Crippen LogP contribution in [0.1, 0.15) is 49.1 Å². The first-order valence-electron chi connectivity index (χ1n) is 12.1. The van der Waals surface area contributed by atoms with Gasteiger partial charge < -0.3 is 4.74 Å². The van der Waals surface area contributed by atoms with E-state index in [-0.39, 0.29) is 17.9 Å². The van der Waals surface area contributed by atoms with E-state index in [2.05, 4.69) is 5.10 Å². The fraction of sp³-hybridized carbons (Fsp3) is 0.444. The van der Waals surface area contributed by atoms with Gasteiger partial charge in [-0.15, -0.1) is 10.2 Å². The van der Waals surface area contributed by atoms with Gasteiger partial charge in [-0.2, -0.15) is 0 Å². The lowest BCUT2D eigenvalue weighted by atomic mass is 9.50. The lowest BCUT2D eigenvalue weighted by Gasteiger charge is -2.55. The summed E-state index contributed by atoms with van der Waals surface area (Å²) in [5.74, 6) is 3.01. The molecule has 7 heteroatoms. The molecule has 0 atom stereocenters. The Balaban J connectivity index is 1.24. The number of benzene rings is 2. The predicted octanol–water partition coefficient (Wildman–Crippen LogP) is 6.27. The van der Waals surface area contributed by atoms with Gasteiger partial charge in [0.1, 0.15) is 10.8 Å². The number of amides is 1. The monoisotopic (exact) mass is 493 g/mol. The molecule has 0 saturated heterocycles. The van der Waals surface area contributed by atoms with E-state index in [1.54, 1.807) is 40.5 Å². The molecule has 4 fully saturated rings. The maximum Gasteiger partial charge on any atom is 0.267 e. The molecule has 1 aromatic heterocycles. The maximum absolute atomic E-state index is 13.4. The van der Waals surface area contributed by atoms with Crippen molar-refractivity contribution in [3.05, 3.63) is 70.2 Å². The first-order chi connectivity index (χ1) is 16.6. The number of rotatable bonds is 7. The highest BCUT2D eigenvalue weighted by atomic mass is 35.5. The van der Waals surface area contributed by atoms with Crippen molar-refractivity contribution in [1.82, 2.24) is 10.2 Å². The molecule has 0 radical (unpaired) electrons. The van der Waals surface area contributed by atoms with E-state index in [4.69, 9.17) is 21.4 Å². The van der Waals surface area contributed by atoms with E-state index in [0.29, 0.717) is 22.4 Å². The number of nitrogens with zero attached hydrogens (tertiary/aromatic N) is 3. The summed E-state index contributed by atoms with van der Waals surface area (Å²) in [5.41, 5.74) is 1.22. The number of hydrogen-bond acceptors (Lipinski definition) is 5. The molecule has 4 aliphatic carbocycles. The SMILES string of the molecule is O=C(COc1ccc(Cl)cc1)N(Cc1ccccc1)c1nnc(C23CC4CC(CC(C4)C2)C3)s1. The third-order valence-corrected chi connectivity index (χ3v) is 9.24. The highest BCUT2D eigenvalue weighted by Gasteiger charge is 2.53. The minimum absolute atomic E-state index is 0.0687. The van der Waals surface area contributed by atoms with E-state index in [1.807, 2.05) is 30.3 Å². The number of aromatic nitrogens is 2. The molecule has 4 saturated carbocycles. The van der Waals surface area contributed by atoms with Crippen molar-refractivity contribution in [3.63, 3.8) is 0 Å². The quantitative estimate of drug-likeness (QED) is 0.389. The average Bonchev–Trinajstić information content (AvgIpc) is 3.33. The molecule has 0 N–H and O–H groups in total. The van der Waals surface area contributed by atoms with Gasteiger partial charge in [-0.05, 0) is 86.1 Å². The van der Waals surface area contributed by atoms with Gasteiger partial charge in [0.05, 0.1) is 6.54 Å². The molecule has 1 amide bonds. The third-order valence-electron chi connectivity index (χ3n) is 7.80. The largest absolute Gasteiger partial charge is 0.484 e. The van der Waals surface area contributed by atoms with Crippen molar-refractivity contribution in [3.8, 4) is 5.75 Å². The summed E-state index contributed by atoms with van der Waals surface area (Å²) < 4.78 is 5.78. The van der Waals surface area contributed by atoms with Crippen LogP contribution < -0.4 is 9.64 Å². The molecule has 1 heterocycles. The van der Waals surface area contributed by atoms with Crippen molar-refractivity contribution >= 4 is 34.0 Å². The molecule has 0 spiro atoms. The van der Waals surface area contributed by atoms with Crippen LogP contribution in [0.5, 0.6) is 5.75 Å².